The Hall–Kier alpha value is -1.55. The summed E-state index contributed by atoms with van der Waals surface area (Å²) < 4.78 is 5.12. The number of likely N-dealkylation sites (tertiary alicyclic amines) is 1. The van der Waals surface area contributed by atoms with E-state index in [1.807, 2.05) is 29.2 Å². The smallest absolute Gasteiger partial charge is 0.223 e. The maximum Gasteiger partial charge on any atom is 0.223 e. The second-order valence-corrected chi connectivity index (χ2v) is 6.11. The predicted molar refractivity (Wildman–Crippen MR) is 77.5 cm³/mol. The minimum atomic E-state index is -0.0736. The first-order valence-electron chi connectivity index (χ1n) is 7.30. The second kappa shape index (κ2) is 5.09. The lowest BCUT2D eigenvalue weighted by Gasteiger charge is -2.48. The molecule has 1 amide bonds. The summed E-state index contributed by atoms with van der Waals surface area (Å²) in [6.07, 6.45) is 3.82. The molecule has 0 bridgehead atoms. The predicted octanol–water partition coefficient (Wildman–Crippen LogP) is 1.58. The van der Waals surface area contributed by atoms with Crippen molar-refractivity contribution in [1.29, 1.82) is 0 Å². The molecule has 4 heteroatoms. The first-order valence-corrected chi connectivity index (χ1v) is 7.30. The third-order valence-electron chi connectivity index (χ3n) is 4.50. The molecule has 108 valence electrons. The maximum absolute atomic E-state index is 12.1. The lowest BCUT2D eigenvalue weighted by atomic mass is 9.85. The number of hydrogen-bond donors (Lipinski definition) is 1. The molecule has 2 fully saturated rings. The van der Waals surface area contributed by atoms with Gasteiger partial charge in [-0.1, -0.05) is 12.1 Å². The van der Waals surface area contributed by atoms with Crippen molar-refractivity contribution < 1.29 is 9.53 Å². The summed E-state index contributed by atoms with van der Waals surface area (Å²) >= 11 is 0. The molecule has 1 saturated carbocycles. The number of rotatable bonds is 5. The van der Waals surface area contributed by atoms with Crippen LogP contribution in [0.25, 0.3) is 0 Å². The number of hydrogen-bond acceptors (Lipinski definition) is 3. The Morgan fingerprint density at radius 3 is 2.55 bits per heavy atom. The molecule has 1 aliphatic carbocycles. The van der Waals surface area contributed by atoms with E-state index < -0.39 is 0 Å². The number of amides is 1. The fourth-order valence-corrected chi connectivity index (χ4v) is 2.96. The van der Waals surface area contributed by atoms with Gasteiger partial charge in [0, 0.05) is 19.5 Å². The SMILES string of the molecule is COc1ccc(CCC(=O)N2CC(N)(C3CC3)C2)cc1. The van der Waals surface area contributed by atoms with E-state index in [1.165, 1.54) is 18.4 Å². The second-order valence-electron chi connectivity index (χ2n) is 6.11. The van der Waals surface area contributed by atoms with Crippen LogP contribution in [0.5, 0.6) is 5.75 Å². The van der Waals surface area contributed by atoms with Crippen LogP contribution >= 0.6 is 0 Å². The van der Waals surface area contributed by atoms with E-state index in [0.717, 1.165) is 25.3 Å². The van der Waals surface area contributed by atoms with Gasteiger partial charge in [0.2, 0.25) is 5.91 Å². The molecule has 1 aromatic rings. The number of nitrogens with two attached hydrogens (primary N) is 1. The van der Waals surface area contributed by atoms with Gasteiger partial charge in [-0.3, -0.25) is 4.79 Å². The highest BCUT2D eigenvalue weighted by molar-refractivity contribution is 5.77. The highest BCUT2D eigenvalue weighted by Gasteiger charge is 2.51. The van der Waals surface area contributed by atoms with Gasteiger partial charge in [0.1, 0.15) is 5.75 Å². The molecule has 20 heavy (non-hydrogen) atoms. The molecule has 0 radical (unpaired) electrons. The van der Waals surface area contributed by atoms with E-state index in [2.05, 4.69) is 0 Å². The normalized spacial score (nSPS) is 20.4. The van der Waals surface area contributed by atoms with Gasteiger partial charge in [-0.15, -0.1) is 0 Å². The molecule has 2 aliphatic rings. The molecule has 0 atom stereocenters. The number of nitrogens with zero attached hydrogens (tertiary/aromatic N) is 1. The molecule has 1 heterocycles. The third kappa shape index (κ3) is 2.66. The van der Waals surface area contributed by atoms with Crippen LogP contribution in [0.15, 0.2) is 24.3 Å². The first-order chi connectivity index (χ1) is 9.60. The van der Waals surface area contributed by atoms with Crippen molar-refractivity contribution in [3.8, 4) is 5.75 Å². The summed E-state index contributed by atoms with van der Waals surface area (Å²) in [5.74, 6) is 1.73. The van der Waals surface area contributed by atoms with E-state index in [9.17, 15) is 4.79 Å². The molecule has 0 aromatic heterocycles. The van der Waals surface area contributed by atoms with Crippen LogP contribution in [0.1, 0.15) is 24.8 Å². The number of ether oxygens (including phenoxy) is 1. The molecular formula is C16H22N2O2. The van der Waals surface area contributed by atoms with Gasteiger partial charge in [0.15, 0.2) is 0 Å². The van der Waals surface area contributed by atoms with Crippen molar-refractivity contribution in [3.63, 3.8) is 0 Å². The summed E-state index contributed by atoms with van der Waals surface area (Å²) in [7, 11) is 1.65. The summed E-state index contributed by atoms with van der Waals surface area (Å²) in [6, 6.07) is 7.89. The largest absolute Gasteiger partial charge is 0.497 e. The minimum Gasteiger partial charge on any atom is -0.497 e. The van der Waals surface area contributed by atoms with Crippen molar-refractivity contribution >= 4 is 5.91 Å². The molecule has 1 saturated heterocycles. The van der Waals surface area contributed by atoms with Crippen LogP contribution < -0.4 is 10.5 Å². The van der Waals surface area contributed by atoms with Crippen LogP contribution in [0, 0.1) is 5.92 Å². The Morgan fingerprint density at radius 2 is 2.00 bits per heavy atom. The fraction of sp³-hybridized carbons (Fsp3) is 0.562. The van der Waals surface area contributed by atoms with Gasteiger partial charge in [-0.25, -0.2) is 0 Å². The third-order valence-corrected chi connectivity index (χ3v) is 4.50. The Morgan fingerprint density at radius 1 is 1.35 bits per heavy atom. The van der Waals surface area contributed by atoms with Crippen LogP contribution in [0.4, 0.5) is 0 Å². The van der Waals surface area contributed by atoms with E-state index in [-0.39, 0.29) is 11.4 Å². The summed E-state index contributed by atoms with van der Waals surface area (Å²) in [5.41, 5.74) is 7.36. The minimum absolute atomic E-state index is 0.0736. The quantitative estimate of drug-likeness (QED) is 0.887. The van der Waals surface area contributed by atoms with Crippen molar-refractivity contribution in [1.82, 2.24) is 4.90 Å². The molecule has 1 aliphatic heterocycles. The van der Waals surface area contributed by atoms with Gasteiger partial charge in [-0.05, 0) is 42.9 Å². The summed E-state index contributed by atoms with van der Waals surface area (Å²) in [5, 5.41) is 0. The summed E-state index contributed by atoms with van der Waals surface area (Å²) in [4.78, 5) is 14.0. The average Bonchev–Trinajstić information content (AvgIpc) is 3.26. The molecule has 0 spiro atoms. The fourth-order valence-electron chi connectivity index (χ4n) is 2.96. The maximum atomic E-state index is 12.1. The Bertz CT molecular complexity index is 488. The van der Waals surface area contributed by atoms with Gasteiger partial charge in [0.25, 0.3) is 0 Å². The molecule has 0 unspecified atom stereocenters. The summed E-state index contributed by atoms with van der Waals surface area (Å²) in [6.45, 7) is 1.50. The van der Waals surface area contributed by atoms with Crippen molar-refractivity contribution in [2.45, 2.75) is 31.2 Å². The Balaban J connectivity index is 1.45. The van der Waals surface area contributed by atoms with Crippen LogP contribution in [0.3, 0.4) is 0 Å². The lowest BCUT2D eigenvalue weighted by molar-refractivity contribution is -0.139. The molecular weight excluding hydrogens is 252 g/mol. The van der Waals surface area contributed by atoms with Crippen LogP contribution in [-0.4, -0.2) is 36.5 Å². The standard InChI is InChI=1S/C16H22N2O2/c1-20-14-7-2-12(3-8-14)4-9-15(19)18-10-16(17,11-18)13-5-6-13/h2-3,7-8,13H,4-6,9-11,17H2,1H3. The zero-order valence-electron chi connectivity index (χ0n) is 12.0. The number of aryl methyl sites for hydroxylation is 1. The first kappa shape index (κ1) is 13.4. The topological polar surface area (TPSA) is 55.6 Å². The van der Waals surface area contributed by atoms with E-state index >= 15 is 0 Å². The lowest BCUT2D eigenvalue weighted by Crippen LogP contribution is -2.69. The zero-order chi connectivity index (χ0) is 14.2. The molecule has 1 aromatic carbocycles. The molecule has 3 rings (SSSR count). The number of methoxy groups -OCH3 is 1. The van der Waals surface area contributed by atoms with Gasteiger partial charge in [0.05, 0.1) is 12.6 Å². The number of benzene rings is 1. The highest BCUT2D eigenvalue weighted by atomic mass is 16.5. The molecule has 2 N–H and O–H groups in total. The van der Waals surface area contributed by atoms with E-state index in [4.69, 9.17) is 10.5 Å². The van der Waals surface area contributed by atoms with E-state index in [1.54, 1.807) is 7.11 Å². The van der Waals surface area contributed by atoms with Crippen molar-refractivity contribution in [2.24, 2.45) is 11.7 Å². The van der Waals surface area contributed by atoms with Crippen LogP contribution in [-0.2, 0) is 11.2 Å². The average molecular weight is 274 g/mol. The van der Waals surface area contributed by atoms with E-state index in [0.29, 0.717) is 12.3 Å². The monoisotopic (exact) mass is 274 g/mol. The molecule has 4 nitrogen and oxygen atoms in total. The number of carbonyl (C=O) groups excluding carboxylic acids is 1. The van der Waals surface area contributed by atoms with Gasteiger partial charge < -0.3 is 15.4 Å². The van der Waals surface area contributed by atoms with Crippen molar-refractivity contribution in [3.05, 3.63) is 29.8 Å². The zero-order valence-corrected chi connectivity index (χ0v) is 12.0. The Kier molecular flexibility index (Phi) is 3.42. The van der Waals surface area contributed by atoms with Crippen LogP contribution in [0.2, 0.25) is 0 Å². The highest BCUT2D eigenvalue weighted by Crippen LogP contribution is 2.43. The Labute approximate surface area is 119 Å². The van der Waals surface area contributed by atoms with Gasteiger partial charge in [-0.2, -0.15) is 0 Å². The number of carbonyl (C=O) groups is 1. The van der Waals surface area contributed by atoms with Crippen molar-refractivity contribution in [2.75, 3.05) is 20.2 Å². The van der Waals surface area contributed by atoms with Gasteiger partial charge >= 0.3 is 0 Å².